The van der Waals surface area contributed by atoms with Gasteiger partial charge in [0.1, 0.15) is 23.8 Å². The van der Waals surface area contributed by atoms with Gasteiger partial charge in [0.15, 0.2) is 0 Å². The van der Waals surface area contributed by atoms with E-state index in [0.717, 1.165) is 11.8 Å². The molecule has 0 aliphatic rings. The first-order valence-electron chi connectivity index (χ1n) is 7.31. The van der Waals surface area contributed by atoms with Crippen molar-refractivity contribution in [1.29, 1.82) is 0 Å². The molecule has 0 aliphatic heterocycles. The number of phenolic OH excluding ortho intramolecular Hbond substituents is 1. The fourth-order valence-corrected chi connectivity index (χ4v) is 2.97. The molecule has 0 bridgehead atoms. The lowest BCUT2D eigenvalue weighted by Crippen LogP contribution is -2.09. The Morgan fingerprint density at radius 1 is 1.20 bits per heavy atom. The zero-order valence-electron chi connectivity index (χ0n) is 12.9. The van der Waals surface area contributed by atoms with E-state index in [1.54, 1.807) is 24.3 Å². The predicted octanol–water partition coefficient (Wildman–Crippen LogP) is 3.47. The van der Waals surface area contributed by atoms with Crippen LogP contribution in [0.2, 0.25) is 0 Å². The summed E-state index contributed by atoms with van der Waals surface area (Å²) in [6, 6.07) is 11.7. The lowest BCUT2D eigenvalue weighted by Gasteiger charge is -2.08. The first-order chi connectivity index (χ1) is 12.0. The highest BCUT2D eigenvalue weighted by atomic mass is 32.2. The van der Waals surface area contributed by atoms with E-state index in [1.165, 1.54) is 24.3 Å². The molecule has 0 atom stereocenters. The molecule has 0 fully saturated rings. The maximum Gasteiger partial charge on any atom is 0.336 e. The summed E-state index contributed by atoms with van der Waals surface area (Å²) in [6.07, 6.45) is 0. The minimum Gasteiger partial charge on any atom is -0.508 e. The second-order valence-electron chi connectivity index (χ2n) is 5.15. The number of phenols is 1. The van der Waals surface area contributed by atoms with Gasteiger partial charge in [-0.1, -0.05) is 12.1 Å². The van der Waals surface area contributed by atoms with E-state index in [-0.39, 0.29) is 23.7 Å². The first-order valence-corrected chi connectivity index (χ1v) is 8.30. The van der Waals surface area contributed by atoms with Gasteiger partial charge in [-0.05, 0) is 24.3 Å². The average molecular weight is 360 g/mol. The molecule has 1 N–H and O–H groups in total. The van der Waals surface area contributed by atoms with Crippen LogP contribution in [0.4, 0.5) is 4.39 Å². The van der Waals surface area contributed by atoms with Crippen LogP contribution in [-0.4, -0.2) is 16.8 Å². The monoisotopic (exact) mass is 360 g/mol. The largest absolute Gasteiger partial charge is 0.508 e. The van der Waals surface area contributed by atoms with E-state index >= 15 is 0 Å². The van der Waals surface area contributed by atoms with Gasteiger partial charge in [0.05, 0.1) is 5.75 Å². The van der Waals surface area contributed by atoms with Crippen LogP contribution in [0.3, 0.4) is 0 Å². The van der Waals surface area contributed by atoms with Gasteiger partial charge in [-0.15, -0.1) is 11.8 Å². The highest BCUT2D eigenvalue weighted by Gasteiger charge is 2.11. The molecule has 7 heteroatoms. The van der Waals surface area contributed by atoms with Crippen molar-refractivity contribution in [2.45, 2.75) is 11.5 Å². The molecule has 0 aliphatic carbocycles. The van der Waals surface area contributed by atoms with Gasteiger partial charge >= 0.3 is 11.6 Å². The number of rotatable bonds is 5. The molecule has 25 heavy (non-hydrogen) atoms. The molecule has 0 saturated carbocycles. The Bertz CT molecular complexity index is 983. The SMILES string of the molecule is O=C(CSc1ccccc1F)OCc1cc(=O)oc2cc(O)ccc12. The predicted molar refractivity (Wildman–Crippen MR) is 91.1 cm³/mol. The van der Waals surface area contributed by atoms with Crippen molar-refractivity contribution in [3.05, 3.63) is 70.3 Å². The number of benzene rings is 2. The maximum atomic E-state index is 13.5. The van der Waals surface area contributed by atoms with E-state index in [9.17, 15) is 19.1 Å². The molecule has 3 rings (SSSR count). The molecule has 1 heterocycles. The number of thioether (sulfide) groups is 1. The van der Waals surface area contributed by atoms with Crippen LogP contribution in [0.25, 0.3) is 11.0 Å². The second-order valence-corrected chi connectivity index (χ2v) is 6.17. The summed E-state index contributed by atoms with van der Waals surface area (Å²) in [6.45, 7) is -0.121. The fourth-order valence-electron chi connectivity index (χ4n) is 2.24. The van der Waals surface area contributed by atoms with E-state index in [0.29, 0.717) is 15.8 Å². The molecule has 1 aromatic heterocycles. The molecule has 128 valence electrons. The summed E-state index contributed by atoms with van der Waals surface area (Å²) < 4.78 is 23.7. The molecule has 5 nitrogen and oxygen atoms in total. The lowest BCUT2D eigenvalue weighted by molar-refractivity contribution is -0.141. The van der Waals surface area contributed by atoms with Crippen LogP contribution in [0.5, 0.6) is 5.75 Å². The number of hydrogen-bond acceptors (Lipinski definition) is 6. The van der Waals surface area contributed by atoms with Gasteiger partial charge in [0, 0.05) is 28.0 Å². The molecule has 0 saturated heterocycles. The first kappa shape index (κ1) is 17.0. The number of esters is 1. The Kier molecular flexibility index (Phi) is 5.04. The molecule has 2 aromatic carbocycles. The molecular weight excluding hydrogens is 347 g/mol. The molecule has 0 radical (unpaired) electrons. The van der Waals surface area contributed by atoms with Crippen molar-refractivity contribution >= 4 is 28.7 Å². The maximum absolute atomic E-state index is 13.5. The number of fused-ring (bicyclic) bond motifs is 1. The minimum atomic E-state index is -0.607. The van der Waals surface area contributed by atoms with Gasteiger partial charge in [0.2, 0.25) is 0 Å². The van der Waals surface area contributed by atoms with Crippen LogP contribution < -0.4 is 5.63 Å². The van der Waals surface area contributed by atoms with Gasteiger partial charge in [-0.3, -0.25) is 4.79 Å². The van der Waals surface area contributed by atoms with Crippen molar-refractivity contribution in [2.75, 3.05) is 5.75 Å². The second kappa shape index (κ2) is 7.40. The smallest absolute Gasteiger partial charge is 0.336 e. The van der Waals surface area contributed by atoms with E-state index < -0.39 is 17.4 Å². The Morgan fingerprint density at radius 3 is 2.80 bits per heavy atom. The van der Waals surface area contributed by atoms with Crippen molar-refractivity contribution in [2.24, 2.45) is 0 Å². The number of aromatic hydroxyl groups is 1. The Labute approximate surface area is 146 Å². The van der Waals surface area contributed by atoms with Crippen molar-refractivity contribution in [3.8, 4) is 5.75 Å². The molecule has 0 spiro atoms. The summed E-state index contributed by atoms with van der Waals surface area (Å²) in [7, 11) is 0. The summed E-state index contributed by atoms with van der Waals surface area (Å²) in [5.41, 5.74) is 0.0691. The molecule has 3 aromatic rings. The Hall–Kier alpha value is -2.80. The highest BCUT2D eigenvalue weighted by molar-refractivity contribution is 8.00. The summed E-state index contributed by atoms with van der Waals surface area (Å²) in [5.74, 6) is -1.02. The van der Waals surface area contributed by atoms with E-state index in [2.05, 4.69) is 0 Å². The van der Waals surface area contributed by atoms with Crippen molar-refractivity contribution in [1.82, 2.24) is 0 Å². The van der Waals surface area contributed by atoms with Crippen LogP contribution >= 0.6 is 11.8 Å². The van der Waals surface area contributed by atoms with Crippen molar-refractivity contribution < 1.29 is 23.4 Å². The standard InChI is InChI=1S/C18H13FO5S/c19-14-3-1-2-4-16(14)25-10-18(22)23-9-11-7-17(21)24-15-8-12(20)5-6-13(11)15/h1-8,20H,9-10H2. The third-order valence-corrected chi connectivity index (χ3v) is 4.41. The number of carbonyl (C=O) groups is 1. The summed E-state index contributed by atoms with van der Waals surface area (Å²) >= 11 is 1.04. The van der Waals surface area contributed by atoms with Gasteiger partial charge in [-0.25, -0.2) is 9.18 Å². The average Bonchev–Trinajstić information content (AvgIpc) is 2.58. The van der Waals surface area contributed by atoms with Crippen LogP contribution in [0.1, 0.15) is 5.56 Å². The molecular formula is C18H13FO5S. The number of carbonyl (C=O) groups excluding carboxylic acids is 1. The van der Waals surface area contributed by atoms with E-state index in [1.807, 2.05) is 0 Å². The topological polar surface area (TPSA) is 76.7 Å². The lowest BCUT2D eigenvalue weighted by atomic mass is 10.1. The Balaban J connectivity index is 1.67. The van der Waals surface area contributed by atoms with Crippen molar-refractivity contribution in [3.63, 3.8) is 0 Å². The van der Waals surface area contributed by atoms with Crippen LogP contribution in [-0.2, 0) is 16.1 Å². The molecule has 0 amide bonds. The third kappa shape index (κ3) is 4.19. The quantitative estimate of drug-likeness (QED) is 0.426. The van der Waals surface area contributed by atoms with E-state index in [4.69, 9.17) is 9.15 Å². The zero-order chi connectivity index (χ0) is 17.8. The fraction of sp³-hybridized carbons (Fsp3) is 0.111. The van der Waals surface area contributed by atoms with Gasteiger partial charge in [-0.2, -0.15) is 0 Å². The van der Waals surface area contributed by atoms with Gasteiger partial charge < -0.3 is 14.3 Å². The third-order valence-electron chi connectivity index (χ3n) is 3.38. The summed E-state index contributed by atoms with van der Waals surface area (Å²) in [4.78, 5) is 23.8. The van der Waals surface area contributed by atoms with Crippen LogP contribution in [0, 0.1) is 5.82 Å². The normalized spacial score (nSPS) is 10.8. The van der Waals surface area contributed by atoms with Crippen LogP contribution in [0.15, 0.2) is 62.6 Å². The van der Waals surface area contributed by atoms with Gasteiger partial charge in [0.25, 0.3) is 0 Å². The number of ether oxygens (including phenoxy) is 1. The molecule has 0 unspecified atom stereocenters. The minimum absolute atomic E-state index is 0.0360. The number of halogens is 1. The number of hydrogen-bond donors (Lipinski definition) is 1. The summed E-state index contributed by atoms with van der Waals surface area (Å²) in [5, 5.41) is 10.0. The highest BCUT2D eigenvalue weighted by Crippen LogP contribution is 2.23. The Morgan fingerprint density at radius 2 is 2.00 bits per heavy atom. The zero-order valence-corrected chi connectivity index (χ0v) is 13.7.